The fourth-order valence-corrected chi connectivity index (χ4v) is 2.15. The van der Waals surface area contributed by atoms with Crippen molar-refractivity contribution in [2.24, 2.45) is 7.05 Å². The van der Waals surface area contributed by atoms with Crippen LogP contribution in [0.5, 0.6) is 0 Å². The van der Waals surface area contributed by atoms with Crippen molar-refractivity contribution in [3.63, 3.8) is 0 Å². The minimum Gasteiger partial charge on any atom is -0.465 e. The molecule has 19 heavy (non-hydrogen) atoms. The van der Waals surface area contributed by atoms with Gasteiger partial charge in [-0.2, -0.15) is 5.10 Å². The van der Waals surface area contributed by atoms with E-state index in [2.05, 4.69) is 16.8 Å². The molecule has 0 atom stereocenters. The van der Waals surface area contributed by atoms with E-state index in [1.54, 1.807) is 12.1 Å². The number of benzene rings is 1. The van der Waals surface area contributed by atoms with Crippen LogP contribution >= 0.6 is 0 Å². The molecule has 0 aliphatic heterocycles. The third kappa shape index (κ3) is 2.67. The number of carbonyl (C=O) groups excluding carboxylic acids is 1. The van der Waals surface area contributed by atoms with Crippen molar-refractivity contribution in [3.05, 3.63) is 52.3 Å². The highest BCUT2D eigenvalue weighted by Gasteiger charge is 2.10. The molecule has 4 heteroatoms. The Morgan fingerprint density at radius 3 is 2.37 bits per heavy atom. The van der Waals surface area contributed by atoms with Crippen molar-refractivity contribution in [1.82, 2.24) is 9.78 Å². The molecule has 0 amide bonds. The van der Waals surface area contributed by atoms with Gasteiger partial charge in [0.25, 0.3) is 0 Å². The second-order valence-electron chi connectivity index (χ2n) is 4.64. The third-order valence-electron chi connectivity index (χ3n) is 3.41. The quantitative estimate of drug-likeness (QED) is 0.794. The highest BCUT2D eigenvalue weighted by Crippen LogP contribution is 2.17. The monoisotopic (exact) mass is 258 g/mol. The Balaban J connectivity index is 2.22. The molecular weight excluding hydrogens is 240 g/mol. The molecule has 1 heterocycles. The standard InChI is InChI=1S/C15H18N2O2/c1-10-14(11(2)17(3)16-10)9-12-5-7-13(8-6-12)15(18)19-4/h5-8H,9H2,1-4H3. The van der Waals surface area contributed by atoms with E-state index >= 15 is 0 Å². The summed E-state index contributed by atoms with van der Waals surface area (Å²) in [7, 11) is 3.34. The smallest absolute Gasteiger partial charge is 0.337 e. The van der Waals surface area contributed by atoms with Crippen molar-refractivity contribution in [1.29, 1.82) is 0 Å². The molecule has 0 fully saturated rings. The van der Waals surface area contributed by atoms with Crippen molar-refractivity contribution in [3.8, 4) is 0 Å². The number of ether oxygens (including phenoxy) is 1. The molecule has 4 nitrogen and oxygen atoms in total. The van der Waals surface area contributed by atoms with Gasteiger partial charge in [0.2, 0.25) is 0 Å². The van der Waals surface area contributed by atoms with Gasteiger partial charge in [0.1, 0.15) is 0 Å². The number of carbonyl (C=O) groups is 1. The zero-order valence-electron chi connectivity index (χ0n) is 11.7. The summed E-state index contributed by atoms with van der Waals surface area (Å²) in [6.45, 7) is 4.09. The summed E-state index contributed by atoms with van der Waals surface area (Å²) in [5, 5.41) is 4.41. The van der Waals surface area contributed by atoms with Gasteiger partial charge in [-0.3, -0.25) is 4.68 Å². The van der Waals surface area contributed by atoms with Gasteiger partial charge in [-0.05, 0) is 31.5 Å². The highest BCUT2D eigenvalue weighted by atomic mass is 16.5. The fourth-order valence-electron chi connectivity index (χ4n) is 2.15. The lowest BCUT2D eigenvalue weighted by atomic mass is 10.0. The van der Waals surface area contributed by atoms with Crippen molar-refractivity contribution < 1.29 is 9.53 Å². The molecule has 0 aliphatic rings. The van der Waals surface area contributed by atoms with Crippen molar-refractivity contribution in [2.45, 2.75) is 20.3 Å². The first-order valence-corrected chi connectivity index (χ1v) is 6.19. The lowest BCUT2D eigenvalue weighted by molar-refractivity contribution is 0.0600. The van der Waals surface area contributed by atoms with E-state index in [1.807, 2.05) is 30.8 Å². The van der Waals surface area contributed by atoms with Crippen LogP contribution in [0.15, 0.2) is 24.3 Å². The number of hydrogen-bond acceptors (Lipinski definition) is 3. The van der Waals surface area contributed by atoms with Crippen LogP contribution in [0.1, 0.15) is 32.9 Å². The minimum absolute atomic E-state index is 0.305. The molecule has 0 aliphatic carbocycles. The van der Waals surface area contributed by atoms with Crippen LogP contribution in [0.2, 0.25) is 0 Å². The Bertz CT molecular complexity index is 597. The highest BCUT2D eigenvalue weighted by molar-refractivity contribution is 5.89. The summed E-state index contributed by atoms with van der Waals surface area (Å²) in [5.74, 6) is -0.305. The Kier molecular flexibility index (Phi) is 3.69. The predicted molar refractivity (Wildman–Crippen MR) is 73.3 cm³/mol. The topological polar surface area (TPSA) is 44.1 Å². The number of aromatic nitrogens is 2. The third-order valence-corrected chi connectivity index (χ3v) is 3.41. The van der Waals surface area contributed by atoms with Gasteiger partial charge in [-0.15, -0.1) is 0 Å². The van der Waals surface area contributed by atoms with Crippen LogP contribution in [-0.2, 0) is 18.2 Å². The van der Waals surface area contributed by atoms with E-state index in [9.17, 15) is 4.79 Å². The largest absolute Gasteiger partial charge is 0.465 e. The van der Waals surface area contributed by atoms with E-state index in [4.69, 9.17) is 0 Å². The molecule has 0 N–H and O–H groups in total. The molecule has 0 radical (unpaired) electrons. The minimum atomic E-state index is -0.305. The summed E-state index contributed by atoms with van der Waals surface area (Å²) in [6.07, 6.45) is 0.826. The van der Waals surface area contributed by atoms with Gasteiger partial charge in [-0.25, -0.2) is 4.79 Å². The maximum absolute atomic E-state index is 11.4. The number of aryl methyl sites for hydroxylation is 2. The zero-order chi connectivity index (χ0) is 14.0. The molecule has 0 unspecified atom stereocenters. The van der Waals surface area contributed by atoms with Gasteiger partial charge < -0.3 is 4.74 Å². The van der Waals surface area contributed by atoms with Crippen LogP contribution in [-0.4, -0.2) is 22.9 Å². The molecule has 0 saturated carbocycles. The molecule has 2 rings (SSSR count). The van der Waals surface area contributed by atoms with Crippen LogP contribution in [0.25, 0.3) is 0 Å². The molecule has 2 aromatic rings. The number of hydrogen-bond donors (Lipinski definition) is 0. The van der Waals surface area contributed by atoms with Gasteiger partial charge in [0.15, 0.2) is 0 Å². The van der Waals surface area contributed by atoms with Gasteiger partial charge in [-0.1, -0.05) is 12.1 Å². The van der Waals surface area contributed by atoms with Crippen LogP contribution in [0.4, 0.5) is 0 Å². The van der Waals surface area contributed by atoms with E-state index in [0.29, 0.717) is 5.56 Å². The summed E-state index contributed by atoms with van der Waals surface area (Å²) >= 11 is 0. The van der Waals surface area contributed by atoms with Crippen LogP contribution in [0.3, 0.4) is 0 Å². The summed E-state index contributed by atoms with van der Waals surface area (Å²) in [4.78, 5) is 11.4. The molecule has 0 spiro atoms. The number of esters is 1. The second kappa shape index (κ2) is 5.26. The average molecular weight is 258 g/mol. The van der Waals surface area contributed by atoms with Gasteiger partial charge in [0.05, 0.1) is 18.4 Å². The molecule has 0 bridgehead atoms. The Morgan fingerprint density at radius 1 is 1.26 bits per heavy atom. The first-order chi connectivity index (χ1) is 9.02. The second-order valence-corrected chi connectivity index (χ2v) is 4.64. The predicted octanol–water partition coefficient (Wildman–Crippen LogP) is 2.41. The van der Waals surface area contributed by atoms with Crippen LogP contribution < -0.4 is 0 Å². The Labute approximate surface area is 113 Å². The maximum atomic E-state index is 11.4. The number of rotatable bonds is 3. The summed E-state index contributed by atoms with van der Waals surface area (Å²) in [6, 6.07) is 7.50. The van der Waals surface area contributed by atoms with Gasteiger partial charge in [0, 0.05) is 24.7 Å². The summed E-state index contributed by atoms with van der Waals surface area (Å²) < 4.78 is 6.58. The van der Waals surface area contributed by atoms with E-state index in [0.717, 1.165) is 17.7 Å². The van der Waals surface area contributed by atoms with E-state index in [1.165, 1.54) is 18.4 Å². The Morgan fingerprint density at radius 2 is 1.89 bits per heavy atom. The lowest BCUT2D eigenvalue weighted by Crippen LogP contribution is -2.01. The SMILES string of the molecule is COC(=O)c1ccc(Cc2c(C)nn(C)c2C)cc1. The molecular formula is C15H18N2O2. The van der Waals surface area contributed by atoms with Gasteiger partial charge >= 0.3 is 5.97 Å². The van der Waals surface area contributed by atoms with E-state index < -0.39 is 0 Å². The number of nitrogens with zero attached hydrogens (tertiary/aromatic N) is 2. The molecule has 1 aromatic carbocycles. The molecule has 1 aromatic heterocycles. The number of methoxy groups -OCH3 is 1. The zero-order valence-corrected chi connectivity index (χ0v) is 11.7. The molecule has 0 saturated heterocycles. The molecule has 100 valence electrons. The first kappa shape index (κ1) is 13.3. The maximum Gasteiger partial charge on any atom is 0.337 e. The lowest BCUT2D eigenvalue weighted by Gasteiger charge is -2.04. The average Bonchev–Trinajstić information content (AvgIpc) is 2.65. The first-order valence-electron chi connectivity index (χ1n) is 6.19. The van der Waals surface area contributed by atoms with E-state index in [-0.39, 0.29) is 5.97 Å². The Hall–Kier alpha value is -2.10. The van der Waals surface area contributed by atoms with Crippen molar-refractivity contribution in [2.75, 3.05) is 7.11 Å². The summed E-state index contributed by atoms with van der Waals surface area (Å²) in [5.41, 5.74) is 5.21. The van der Waals surface area contributed by atoms with Crippen LogP contribution in [0, 0.1) is 13.8 Å². The van der Waals surface area contributed by atoms with Crippen molar-refractivity contribution >= 4 is 5.97 Å². The normalized spacial score (nSPS) is 10.5. The fraction of sp³-hybridized carbons (Fsp3) is 0.333.